The maximum atomic E-state index is 12.2. The molecule has 0 saturated carbocycles. The Bertz CT molecular complexity index is 813. The van der Waals surface area contributed by atoms with Crippen molar-refractivity contribution in [2.45, 2.75) is 6.92 Å². The molecule has 0 spiro atoms. The van der Waals surface area contributed by atoms with Crippen LogP contribution in [0.4, 0.5) is 5.82 Å². The molecule has 22 heavy (non-hydrogen) atoms. The van der Waals surface area contributed by atoms with Gasteiger partial charge in [0, 0.05) is 28.5 Å². The van der Waals surface area contributed by atoms with Gasteiger partial charge in [-0.2, -0.15) is 0 Å². The Morgan fingerprint density at radius 1 is 1.18 bits per heavy atom. The van der Waals surface area contributed by atoms with E-state index < -0.39 is 0 Å². The predicted molar refractivity (Wildman–Crippen MR) is 86.0 cm³/mol. The lowest BCUT2D eigenvalue weighted by Gasteiger charge is -2.07. The van der Waals surface area contributed by atoms with Crippen molar-refractivity contribution in [1.29, 1.82) is 0 Å². The quantitative estimate of drug-likeness (QED) is 0.781. The fourth-order valence-electron chi connectivity index (χ4n) is 1.96. The van der Waals surface area contributed by atoms with Gasteiger partial charge in [0.05, 0.1) is 0 Å². The molecule has 7 heteroatoms. The van der Waals surface area contributed by atoms with Gasteiger partial charge in [-0.1, -0.05) is 15.9 Å². The van der Waals surface area contributed by atoms with E-state index in [9.17, 15) is 4.79 Å². The molecule has 1 amide bonds. The van der Waals surface area contributed by atoms with Gasteiger partial charge in [0.2, 0.25) is 0 Å². The van der Waals surface area contributed by atoms with Crippen LogP contribution >= 0.6 is 15.9 Å². The molecule has 2 heterocycles. The van der Waals surface area contributed by atoms with Crippen LogP contribution < -0.4 is 5.32 Å². The molecule has 3 rings (SSSR count). The Balaban J connectivity index is 1.82. The van der Waals surface area contributed by atoms with Gasteiger partial charge in [-0.25, -0.2) is 15.0 Å². The van der Waals surface area contributed by atoms with Gasteiger partial charge in [-0.3, -0.25) is 9.36 Å². The number of nitrogens with one attached hydrogen (secondary N) is 1. The van der Waals surface area contributed by atoms with Crippen LogP contribution in [0.25, 0.3) is 5.82 Å². The van der Waals surface area contributed by atoms with Crippen LogP contribution in [0, 0.1) is 6.92 Å². The summed E-state index contributed by atoms with van der Waals surface area (Å²) < 4.78 is 2.74. The van der Waals surface area contributed by atoms with Gasteiger partial charge in [-0.15, -0.1) is 0 Å². The highest BCUT2D eigenvalue weighted by atomic mass is 79.9. The molecule has 110 valence electrons. The fourth-order valence-corrected chi connectivity index (χ4v) is 2.22. The number of carbonyl (C=O) groups excluding carboxylic acids is 1. The van der Waals surface area contributed by atoms with E-state index in [1.807, 2.05) is 23.6 Å². The minimum absolute atomic E-state index is 0.223. The zero-order chi connectivity index (χ0) is 15.5. The summed E-state index contributed by atoms with van der Waals surface area (Å²) >= 11 is 3.34. The molecule has 1 aromatic carbocycles. The number of halogens is 1. The van der Waals surface area contributed by atoms with Gasteiger partial charge in [0.15, 0.2) is 0 Å². The highest BCUT2D eigenvalue weighted by Gasteiger charge is 2.09. The maximum absolute atomic E-state index is 12.2. The number of rotatable bonds is 3. The highest BCUT2D eigenvalue weighted by molar-refractivity contribution is 9.10. The molecule has 0 aliphatic heterocycles. The number of aryl methyl sites for hydroxylation is 1. The van der Waals surface area contributed by atoms with E-state index in [0.29, 0.717) is 17.2 Å². The lowest BCUT2D eigenvalue weighted by atomic mass is 10.2. The molecule has 0 radical (unpaired) electrons. The zero-order valence-electron chi connectivity index (χ0n) is 11.7. The van der Waals surface area contributed by atoms with Crippen LogP contribution in [0.2, 0.25) is 0 Å². The molecule has 0 fully saturated rings. The van der Waals surface area contributed by atoms with Crippen molar-refractivity contribution >= 4 is 27.7 Å². The largest absolute Gasteiger partial charge is 0.306 e. The maximum Gasteiger partial charge on any atom is 0.256 e. The van der Waals surface area contributed by atoms with Gasteiger partial charge >= 0.3 is 0 Å². The molecule has 3 aromatic rings. The highest BCUT2D eigenvalue weighted by Crippen LogP contribution is 2.14. The lowest BCUT2D eigenvalue weighted by Crippen LogP contribution is -2.13. The number of imidazole rings is 1. The number of amides is 1. The van der Waals surface area contributed by atoms with E-state index in [0.717, 1.165) is 10.3 Å². The second kappa shape index (κ2) is 6.07. The second-order valence-electron chi connectivity index (χ2n) is 4.57. The van der Waals surface area contributed by atoms with Crippen LogP contribution in [-0.2, 0) is 0 Å². The van der Waals surface area contributed by atoms with E-state index in [2.05, 4.69) is 36.2 Å². The van der Waals surface area contributed by atoms with E-state index in [4.69, 9.17) is 0 Å². The van der Waals surface area contributed by atoms with Crippen molar-refractivity contribution in [3.63, 3.8) is 0 Å². The van der Waals surface area contributed by atoms with Gasteiger partial charge in [0.1, 0.15) is 23.8 Å². The number of hydrogen-bond donors (Lipinski definition) is 1. The first-order chi connectivity index (χ1) is 10.6. The van der Waals surface area contributed by atoms with Gasteiger partial charge in [-0.05, 0) is 31.2 Å². The number of carbonyl (C=O) groups is 1. The number of anilines is 1. The first-order valence-corrected chi connectivity index (χ1v) is 7.32. The number of aromatic nitrogens is 4. The van der Waals surface area contributed by atoms with Gasteiger partial charge in [0.25, 0.3) is 5.91 Å². The molecule has 0 unspecified atom stereocenters. The molecule has 6 nitrogen and oxygen atoms in total. The van der Waals surface area contributed by atoms with Crippen molar-refractivity contribution < 1.29 is 4.79 Å². The van der Waals surface area contributed by atoms with Crippen molar-refractivity contribution in [1.82, 2.24) is 19.5 Å². The third kappa shape index (κ3) is 3.04. The van der Waals surface area contributed by atoms with E-state index in [1.165, 1.54) is 6.33 Å². The predicted octanol–water partition coefficient (Wildman–Crippen LogP) is 2.99. The topological polar surface area (TPSA) is 72.7 Å². The Morgan fingerprint density at radius 2 is 1.95 bits per heavy atom. The summed E-state index contributed by atoms with van der Waals surface area (Å²) in [7, 11) is 0. The minimum atomic E-state index is -0.223. The van der Waals surface area contributed by atoms with Crippen molar-refractivity contribution in [2.75, 3.05) is 5.32 Å². The van der Waals surface area contributed by atoms with Crippen molar-refractivity contribution in [2.24, 2.45) is 0 Å². The molecular weight excluding hydrogens is 346 g/mol. The summed E-state index contributed by atoms with van der Waals surface area (Å²) in [5, 5.41) is 2.76. The SMILES string of the molecule is Cc1nccn1-c1cc(NC(=O)c2ccc(Br)cc2)ncn1. The molecule has 1 N–H and O–H groups in total. The Labute approximate surface area is 135 Å². The number of nitrogens with zero attached hydrogens (tertiary/aromatic N) is 4. The fraction of sp³-hybridized carbons (Fsp3) is 0.0667. The van der Waals surface area contributed by atoms with Crippen LogP contribution in [0.15, 0.2) is 53.5 Å². The van der Waals surface area contributed by atoms with Gasteiger partial charge < -0.3 is 5.32 Å². The Kier molecular flexibility index (Phi) is 3.97. The van der Waals surface area contributed by atoms with Crippen molar-refractivity contribution in [3.05, 3.63) is 64.9 Å². The summed E-state index contributed by atoms with van der Waals surface area (Å²) in [6.07, 6.45) is 4.90. The van der Waals surface area contributed by atoms with Crippen LogP contribution in [0.1, 0.15) is 16.2 Å². The molecule has 0 bridgehead atoms. The Hall–Kier alpha value is -2.54. The molecular formula is C15H12BrN5O. The standard InChI is InChI=1S/C15H12BrN5O/c1-10-17-6-7-21(10)14-8-13(18-9-19-14)20-15(22)11-2-4-12(16)5-3-11/h2-9H,1H3,(H,18,19,20,22). The van der Waals surface area contributed by atoms with Crippen molar-refractivity contribution in [3.8, 4) is 5.82 Å². The molecule has 0 aliphatic rings. The van der Waals surface area contributed by atoms with E-state index in [-0.39, 0.29) is 5.91 Å². The van der Waals surface area contributed by atoms with Crippen LogP contribution in [0.5, 0.6) is 0 Å². The summed E-state index contributed by atoms with van der Waals surface area (Å²) in [6, 6.07) is 8.80. The molecule has 2 aromatic heterocycles. The monoisotopic (exact) mass is 357 g/mol. The average molecular weight is 358 g/mol. The average Bonchev–Trinajstić information content (AvgIpc) is 2.94. The second-order valence-corrected chi connectivity index (χ2v) is 5.48. The minimum Gasteiger partial charge on any atom is -0.306 e. The zero-order valence-corrected chi connectivity index (χ0v) is 13.3. The smallest absolute Gasteiger partial charge is 0.256 e. The third-order valence-electron chi connectivity index (χ3n) is 3.07. The molecule has 0 atom stereocenters. The first-order valence-electron chi connectivity index (χ1n) is 6.53. The summed E-state index contributed by atoms with van der Waals surface area (Å²) in [6.45, 7) is 1.88. The summed E-state index contributed by atoms with van der Waals surface area (Å²) in [5.74, 6) is 1.67. The third-order valence-corrected chi connectivity index (χ3v) is 3.60. The Morgan fingerprint density at radius 3 is 2.64 bits per heavy atom. The van der Waals surface area contributed by atoms with Crippen LogP contribution in [-0.4, -0.2) is 25.4 Å². The molecule has 0 saturated heterocycles. The molecule has 0 aliphatic carbocycles. The number of benzene rings is 1. The van der Waals surface area contributed by atoms with E-state index in [1.54, 1.807) is 30.6 Å². The number of hydrogen-bond acceptors (Lipinski definition) is 4. The summed E-state index contributed by atoms with van der Waals surface area (Å²) in [5.41, 5.74) is 0.558. The first kappa shape index (κ1) is 14.4. The summed E-state index contributed by atoms with van der Waals surface area (Å²) in [4.78, 5) is 24.6. The normalized spacial score (nSPS) is 10.5. The van der Waals surface area contributed by atoms with Crippen LogP contribution in [0.3, 0.4) is 0 Å². The lowest BCUT2D eigenvalue weighted by molar-refractivity contribution is 0.102. The van der Waals surface area contributed by atoms with E-state index >= 15 is 0 Å².